The fourth-order valence-electron chi connectivity index (χ4n) is 1.59. The molecule has 0 saturated heterocycles. The summed E-state index contributed by atoms with van der Waals surface area (Å²) in [5, 5.41) is 0.499. The molecule has 1 aromatic heterocycles. The van der Waals surface area contributed by atoms with Gasteiger partial charge >= 0.3 is 5.97 Å². The van der Waals surface area contributed by atoms with Gasteiger partial charge in [0.25, 0.3) is 0 Å². The number of carbonyl (C=O) groups excluding carboxylic acids is 1. The van der Waals surface area contributed by atoms with E-state index in [1.54, 1.807) is 24.4 Å². The number of benzene rings is 1. The van der Waals surface area contributed by atoms with E-state index < -0.39 is 0 Å². The van der Waals surface area contributed by atoms with Crippen LogP contribution in [0.15, 0.2) is 42.7 Å². The van der Waals surface area contributed by atoms with Gasteiger partial charge < -0.3 is 9.47 Å². The van der Waals surface area contributed by atoms with Crippen LogP contribution in [0.4, 0.5) is 0 Å². The van der Waals surface area contributed by atoms with Gasteiger partial charge in [0.05, 0.1) is 23.9 Å². The van der Waals surface area contributed by atoms with Crippen LogP contribution in [0.5, 0.6) is 5.75 Å². The minimum Gasteiger partial charge on any atom is -0.487 e. The first-order valence-electron chi connectivity index (χ1n) is 5.60. The van der Waals surface area contributed by atoms with Gasteiger partial charge in [-0.25, -0.2) is 4.79 Å². The summed E-state index contributed by atoms with van der Waals surface area (Å²) in [6.07, 6.45) is 3.09. The van der Waals surface area contributed by atoms with E-state index in [1.807, 2.05) is 12.1 Å². The SMILES string of the molecule is COC(=O)c1ccccc1COc1cncc(Cl)c1. The standard InChI is InChI=1S/C14H12ClNO3/c1-18-14(17)13-5-3-2-4-10(13)9-19-12-6-11(15)7-16-8-12/h2-8H,9H2,1H3. The van der Waals surface area contributed by atoms with Crippen molar-refractivity contribution in [3.63, 3.8) is 0 Å². The molecule has 19 heavy (non-hydrogen) atoms. The van der Waals surface area contributed by atoms with E-state index in [0.29, 0.717) is 16.3 Å². The molecule has 0 fully saturated rings. The van der Waals surface area contributed by atoms with Crippen molar-refractivity contribution in [2.24, 2.45) is 0 Å². The summed E-state index contributed by atoms with van der Waals surface area (Å²) in [4.78, 5) is 15.5. The normalized spacial score (nSPS) is 10.0. The van der Waals surface area contributed by atoms with Crippen molar-refractivity contribution in [1.29, 1.82) is 0 Å². The quantitative estimate of drug-likeness (QED) is 0.806. The second kappa shape index (κ2) is 6.20. The van der Waals surface area contributed by atoms with Gasteiger partial charge in [0.2, 0.25) is 0 Å². The van der Waals surface area contributed by atoms with Crippen molar-refractivity contribution >= 4 is 17.6 Å². The maximum absolute atomic E-state index is 11.6. The van der Waals surface area contributed by atoms with Gasteiger partial charge in [-0.05, 0) is 6.07 Å². The van der Waals surface area contributed by atoms with Crippen LogP contribution in [-0.4, -0.2) is 18.1 Å². The minimum atomic E-state index is -0.386. The number of methoxy groups -OCH3 is 1. The van der Waals surface area contributed by atoms with E-state index in [-0.39, 0.29) is 12.6 Å². The van der Waals surface area contributed by atoms with E-state index in [2.05, 4.69) is 4.98 Å². The molecule has 0 N–H and O–H groups in total. The van der Waals surface area contributed by atoms with Crippen molar-refractivity contribution in [3.05, 3.63) is 58.9 Å². The van der Waals surface area contributed by atoms with Crippen molar-refractivity contribution in [2.75, 3.05) is 7.11 Å². The Balaban J connectivity index is 2.13. The number of halogens is 1. The average Bonchev–Trinajstić information content (AvgIpc) is 2.45. The Kier molecular flexibility index (Phi) is 4.36. The van der Waals surface area contributed by atoms with Crippen LogP contribution in [0.1, 0.15) is 15.9 Å². The van der Waals surface area contributed by atoms with Crippen LogP contribution in [-0.2, 0) is 11.3 Å². The predicted molar refractivity (Wildman–Crippen MR) is 71.4 cm³/mol. The van der Waals surface area contributed by atoms with Crippen molar-refractivity contribution in [2.45, 2.75) is 6.61 Å². The second-order valence-electron chi connectivity index (χ2n) is 3.78. The lowest BCUT2D eigenvalue weighted by molar-refractivity contribution is 0.0597. The summed E-state index contributed by atoms with van der Waals surface area (Å²) in [6.45, 7) is 0.243. The van der Waals surface area contributed by atoms with Crippen molar-refractivity contribution < 1.29 is 14.3 Å². The molecule has 0 spiro atoms. The lowest BCUT2D eigenvalue weighted by Crippen LogP contribution is -2.07. The summed E-state index contributed by atoms with van der Waals surface area (Å²) in [5.41, 5.74) is 1.23. The molecule has 0 atom stereocenters. The van der Waals surface area contributed by atoms with E-state index >= 15 is 0 Å². The molecule has 1 heterocycles. The number of nitrogens with zero attached hydrogens (tertiary/aromatic N) is 1. The summed E-state index contributed by atoms with van der Waals surface area (Å²) in [7, 11) is 1.35. The van der Waals surface area contributed by atoms with Gasteiger partial charge in [0.1, 0.15) is 12.4 Å². The van der Waals surface area contributed by atoms with E-state index in [0.717, 1.165) is 5.56 Å². The smallest absolute Gasteiger partial charge is 0.338 e. The molecule has 0 aliphatic heterocycles. The van der Waals surface area contributed by atoms with Crippen LogP contribution in [0.3, 0.4) is 0 Å². The van der Waals surface area contributed by atoms with Crippen molar-refractivity contribution in [3.8, 4) is 5.75 Å². The third kappa shape index (κ3) is 3.45. The Bertz CT molecular complexity index is 586. The lowest BCUT2D eigenvalue weighted by atomic mass is 10.1. The monoisotopic (exact) mass is 277 g/mol. The van der Waals surface area contributed by atoms with E-state index in [1.165, 1.54) is 13.3 Å². The third-order valence-electron chi connectivity index (χ3n) is 2.50. The van der Waals surface area contributed by atoms with Crippen LogP contribution in [0.25, 0.3) is 0 Å². The third-order valence-corrected chi connectivity index (χ3v) is 2.70. The number of hydrogen-bond acceptors (Lipinski definition) is 4. The van der Waals surface area contributed by atoms with Gasteiger partial charge in [-0.1, -0.05) is 29.8 Å². The fourth-order valence-corrected chi connectivity index (χ4v) is 1.75. The molecule has 0 radical (unpaired) electrons. The number of carbonyl (C=O) groups is 1. The number of esters is 1. The molecule has 0 unspecified atom stereocenters. The molecule has 4 nitrogen and oxygen atoms in total. The van der Waals surface area contributed by atoms with Crippen LogP contribution in [0.2, 0.25) is 5.02 Å². The number of pyridine rings is 1. The molecule has 2 rings (SSSR count). The zero-order valence-electron chi connectivity index (χ0n) is 10.3. The number of rotatable bonds is 4. The highest BCUT2D eigenvalue weighted by Gasteiger charge is 2.11. The predicted octanol–water partition coefficient (Wildman–Crippen LogP) is 3.10. The minimum absolute atomic E-state index is 0.243. The zero-order valence-corrected chi connectivity index (χ0v) is 11.1. The second-order valence-corrected chi connectivity index (χ2v) is 4.21. The first-order valence-corrected chi connectivity index (χ1v) is 5.98. The van der Waals surface area contributed by atoms with Crippen LogP contribution in [0, 0.1) is 0 Å². The summed E-state index contributed by atoms with van der Waals surface area (Å²) in [5.74, 6) is 0.163. The van der Waals surface area contributed by atoms with Gasteiger partial charge in [0, 0.05) is 17.8 Å². The van der Waals surface area contributed by atoms with E-state index in [4.69, 9.17) is 21.1 Å². The summed E-state index contributed by atoms with van der Waals surface area (Å²) in [6, 6.07) is 8.78. The molecular formula is C14H12ClNO3. The topological polar surface area (TPSA) is 48.4 Å². The molecule has 98 valence electrons. The molecule has 5 heteroatoms. The van der Waals surface area contributed by atoms with Gasteiger partial charge in [-0.2, -0.15) is 0 Å². The maximum atomic E-state index is 11.6. The average molecular weight is 278 g/mol. The molecule has 0 saturated carbocycles. The number of ether oxygens (including phenoxy) is 2. The zero-order chi connectivity index (χ0) is 13.7. The molecule has 0 aliphatic carbocycles. The highest BCUT2D eigenvalue weighted by molar-refractivity contribution is 6.30. The molecule has 0 aliphatic rings. The van der Waals surface area contributed by atoms with Gasteiger partial charge in [-0.3, -0.25) is 4.98 Å². The molecular weight excluding hydrogens is 266 g/mol. The lowest BCUT2D eigenvalue weighted by Gasteiger charge is -2.09. The van der Waals surface area contributed by atoms with Crippen LogP contribution < -0.4 is 4.74 Å². The highest BCUT2D eigenvalue weighted by Crippen LogP contribution is 2.18. The van der Waals surface area contributed by atoms with Crippen molar-refractivity contribution in [1.82, 2.24) is 4.98 Å². The number of aromatic nitrogens is 1. The number of hydrogen-bond donors (Lipinski definition) is 0. The fraction of sp³-hybridized carbons (Fsp3) is 0.143. The Morgan fingerprint density at radius 1 is 1.32 bits per heavy atom. The summed E-state index contributed by atoms with van der Waals surface area (Å²) >= 11 is 5.81. The summed E-state index contributed by atoms with van der Waals surface area (Å²) < 4.78 is 10.3. The van der Waals surface area contributed by atoms with Gasteiger partial charge in [-0.15, -0.1) is 0 Å². The Labute approximate surface area is 115 Å². The maximum Gasteiger partial charge on any atom is 0.338 e. The largest absolute Gasteiger partial charge is 0.487 e. The van der Waals surface area contributed by atoms with Crippen LogP contribution >= 0.6 is 11.6 Å². The Hall–Kier alpha value is -2.07. The van der Waals surface area contributed by atoms with Gasteiger partial charge in [0.15, 0.2) is 0 Å². The molecule has 0 amide bonds. The molecule has 1 aromatic carbocycles. The molecule has 0 bridgehead atoms. The Morgan fingerprint density at radius 3 is 2.84 bits per heavy atom. The van der Waals surface area contributed by atoms with E-state index in [9.17, 15) is 4.79 Å². The first-order chi connectivity index (χ1) is 9.20. The first kappa shape index (κ1) is 13.4. The highest BCUT2D eigenvalue weighted by atomic mass is 35.5. The Morgan fingerprint density at radius 2 is 2.11 bits per heavy atom. The molecule has 2 aromatic rings.